The molecule has 0 amide bonds. The van der Waals surface area contributed by atoms with Crippen LogP contribution in [0.4, 0.5) is 0 Å². The molecule has 3 aromatic heterocycles. The quantitative estimate of drug-likeness (QED) is 0.197. The Balaban J connectivity index is 1.19. The number of furan rings is 1. The second-order valence-corrected chi connectivity index (χ2v) is 12.5. The van der Waals surface area contributed by atoms with Crippen LogP contribution in [-0.4, -0.2) is 26.0 Å². The van der Waals surface area contributed by atoms with Gasteiger partial charge in [-0.2, -0.15) is 0 Å². The molecule has 6 nitrogen and oxygen atoms in total. The van der Waals surface area contributed by atoms with Crippen molar-refractivity contribution in [1.82, 2.24) is 19.9 Å². The molecule has 2 atom stereocenters. The van der Waals surface area contributed by atoms with Gasteiger partial charge in [0.25, 0.3) is 0 Å². The number of para-hydroxylation sites is 1. The number of fused-ring (bicyclic) bond motifs is 9. The van der Waals surface area contributed by atoms with Gasteiger partial charge in [0.1, 0.15) is 28.7 Å². The van der Waals surface area contributed by atoms with Crippen molar-refractivity contribution >= 4 is 32.7 Å². The number of pyridine rings is 1. The molecule has 48 heavy (non-hydrogen) atoms. The lowest BCUT2D eigenvalue weighted by molar-refractivity contribution is 0.269. The number of benzene rings is 5. The van der Waals surface area contributed by atoms with Gasteiger partial charge in [-0.05, 0) is 69.4 Å². The van der Waals surface area contributed by atoms with Crippen LogP contribution in [0.2, 0.25) is 0 Å². The highest BCUT2D eigenvalue weighted by atomic mass is 16.5. The summed E-state index contributed by atoms with van der Waals surface area (Å²) in [4.78, 5) is 20.5. The van der Waals surface area contributed by atoms with Gasteiger partial charge in [-0.1, -0.05) is 91.0 Å². The van der Waals surface area contributed by atoms with E-state index >= 15 is 0 Å². The van der Waals surface area contributed by atoms with Gasteiger partial charge >= 0.3 is 0 Å². The van der Waals surface area contributed by atoms with Crippen molar-refractivity contribution < 1.29 is 9.15 Å². The summed E-state index contributed by atoms with van der Waals surface area (Å²) in [5.74, 6) is 2.48. The van der Waals surface area contributed by atoms with Gasteiger partial charge in [-0.3, -0.25) is 4.98 Å². The molecule has 0 bridgehead atoms. The number of nitrogens with zero attached hydrogens (tertiary/aromatic N) is 4. The van der Waals surface area contributed by atoms with Crippen molar-refractivity contribution in [2.75, 3.05) is 0 Å². The van der Waals surface area contributed by atoms with Gasteiger partial charge in [0, 0.05) is 39.6 Å². The lowest BCUT2D eigenvalue weighted by Crippen LogP contribution is -2.16. The van der Waals surface area contributed by atoms with E-state index in [4.69, 9.17) is 29.1 Å². The average Bonchev–Trinajstić information content (AvgIpc) is 3.82. The molecule has 224 valence electrons. The predicted molar refractivity (Wildman–Crippen MR) is 189 cm³/mol. The normalized spacial score (nSPS) is 16.8. The number of allylic oxidation sites excluding steroid dienone is 2. The van der Waals surface area contributed by atoms with E-state index in [1.54, 1.807) is 6.20 Å². The maximum Gasteiger partial charge on any atom is 0.182 e. The molecule has 0 saturated heterocycles. The number of hydrogen-bond donors (Lipinski definition) is 0. The minimum absolute atomic E-state index is 0.0231. The first-order valence-corrected chi connectivity index (χ1v) is 16.1. The number of rotatable bonds is 3. The minimum Gasteiger partial charge on any atom is -0.485 e. The molecule has 6 heteroatoms. The zero-order chi connectivity index (χ0) is 31.3. The van der Waals surface area contributed by atoms with Crippen LogP contribution in [-0.2, 0) is 0 Å². The summed E-state index contributed by atoms with van der Waals surface area (Å²) in [6.45, 7) is 0. The fourth-order valence-corrected chi connectivity index (χ4v) is 7.80. The van der Waals surface area contributed by atoms with E-state index < -0.39 is 0 Å². The SMILES string of the molecule is C1=CC2Oc3ccnc(-c4nc(-c5cc6c7c(cccc7c5)-c5ccccc5-6)nc(-c5cccc6oc7ccccc7c56)n4)c3C2C=C1. The van der Waals surface area contributed by atoms with Crippen LogP contribution < -0.4 is 4.74 Å². The van der Waals surface area contributed by atoms with Crippen molar-refractivity contribution in [1.29, 1.82) is 0 Å². The Morgan fingerprint density at radius 1 is 0.562 bits per heavy atom. The zero-order valence-corrected chi connectivity index (χ0v) is 25.5. The van der Waals surface area contributed by atoms with E-state index in [0.717, 1.165) is 49.8 Å². The summed E-state index contributed by atoms with van der Waals surface area (Å²) in [7, 11) is 0. The third-order valence-electron chi connectivity index (χ3n) is 9.86. The Bertz CT molecular complexity index is 2740. The van der Waals surface area contributed by atoms with Crippen molar-refractivity contribution in [3.05, 3.63) is 139 Å². The van der Waals surface area contributed by atoms with E-state index in [2.05, 4.69) is 85.0 Å². The van der Waals surface area contributed by atoms with Gasteiger partial charge < -0.3 is 9.15 Å². The molecule has 0 spiro atoms. The van der Waals surface area contributed by atoms with Gasteiger partial charge in [0.05, 0.1) is 0 Å². The Morgan fingerprint density at radius 2 is 1.31 bits per heavy atom. The third-order valence-corrected chi connectivity index (χ3v) is 9.86. The molecule has 0 saturated carbocycles. The number of hydrogen-bond acceptors (Lipinski definition) is 6. The first-order chi connectivity index (χ1) is 23.8. The second kappa shape index (κ2) is 9.56. The van der Waals surface area contributed by atoms with Crippen LogP contribution in [0.15, 0.2) is 138 Å². The van der Waals surface area contributed by atoms with Gasteiger partial charge in [0.15, 0.2) is 17.5 Å². The fourth-order valence-electron chi connectivity index (χ4n) is 7.80. The highest BCUT2D eigenvalue weighted by Gasteiger charge is 2.36. The lowest BCUT2D eigenvalue weighted by Gasteiger charge is -2.15. The smallest absolute Gasteiger partial charge is 0.182 e. The Kier molecular flexibility index (Phi) is 5.13. The van der Waals surface area contributed by atoms with E-state index in [0.29, 0.717) is 23.2 Å². The molecule has 1 aliphatic heterocycles. The van der Waals surface area contributed by atoms with E-state index in [9.17, 15) is 0 Å². The van der Waals surface area contributed by atoms with Crippen LogP contribution in [0, 0.1) is 0 Å². The molecule has 11 rings (SSSR count). The summed E-state index contributed by atoms with van der Waals surface area (Å²) in [6.07, 6.45) is 10.1. The largest absolute Gasteiger partial charge is 0.485 e. The van der Waals surface area contributed by atoms with Gasteiger partial charge in [-0.15, -0.1) is 0 Å². The fraction of sp³-hybridized carbons (Fsp3) is 0.0476. The molecule has 0 N–H and O–H groups in total. The molecule has 2 aliphatic carbocycles. The van der Waals surface area contributed by atoms with Crippen LogP contribution in [0.5, 0.6) is 5.75 Å². The highest BCUT2D eigenvalue weighted by molar-refractivity contribution is 6.16. The van der Waals surface area contributed by atoms with Crippen molar-refractivity contribution in [3.63, 3.8) is 0 Å². The molecule has 0 fully saturated rings. The number of aromatic nitrogens is 4. The summed E-state index contributed by atoms with van der Waals surface area (Å²) in [5, 5.41) is 4.40. The van der Waals surface area contributed by atoms with E-state index in [-0.39, 0.29) is 12.0 Å². The zero-order valence-electron chi connectivity index (χ0n) is 25.5. The molecule has 8 aromatic rings. The van der Waals surface area contributed by atoms with Gasteiger partial charge in [0.2, 0.25) is 0 Å². The van der Waals surface area contributed by atoms with Gasteiger partial charge in [-0.25, -0.2) is 15.0 Å². The van der Waals surface area contributed by atoms with Crippen molar-refractivity contribution in [2.24, 2.45) is 0 Å². The van der Waals surface area contributed by atoms with Crippen molar-refractivity contribution in [3.8, 4) is 62.3 Å². The summed E-state index contributed by atoms with van der Waals surface area (Å²) >= 11 is 0. The lowest BCUT2D eigenvalue weighted by atomic mass is 9.90. The summed E-state index contributed by atoms with van der Waals surface area (Å²) in [6, 6.07) is 35.6. The molecular formula is C42H24N4O2. The first-order valence-electron chi connectivity index (χ1n) is 16.1. The maximum atomic E-state index is 6.35. The highest BCUT2D eigenvalue weighted by Crippen LogP contribution is 2.49. The minimum atomic E-state index is -0.0845. The second-order valence-electron chi connectivity index (χ2n) is 12.5. The molecule has 4 heterocycles. The molecule has 5 aromatic carbocycles. The monoisotopic (exact) mass is 616 g/mol. The molecule has 0 radical (unpaired) electrons. The number of ether oxygens (including phenoxy) is 1. The predicted octanol–water partition coefficient (Wildman–Crippen LogP) is 9.94. The molecular weight excluding hydrogens is 592 g/mol. The van der Waals surface area contributed by atoms with E-state index in [1.807, 2.05) is 42.5 Å². The van der Waals surface area contributed by atoms with Crippen LogP contribution in [0.3, 0.4) is 0 Å². The Morgan fingerprint density at radius 3 is 2.27 bits per heavy atom. The van der Waals surface area contributed by atoms with Crippen LogP contribution >= 0.6 is 0 Å². The Labute approximate surface area is 274 Å². The van der Waals surface area contributed by atoms with E-state index in [1.165, 1.54) is 27.6 Å². The summed E-state index contributed by atoms with van der Waals surface area (Å²) in [5.41, 5.74) is 10.0. The van der Waals surface area contributed by atoms with Crippen LogP contribution in [0.25, 0.3) is 89.3 Å². The van der Waals surface area contributed by atoms with Crippen molar-refractivity contribution in [2.45, 2.75) is 12.0 Å². The van der Waals surface area contributed by atoms with Crippen LogP contribution in [0.1, 0.15) is 11.5 Å². The maximum absolute atomic E-state index is 6.35. The standard InChI is InChI=1S/C42H24N4O2/c1-2-11-26-25(10-1)27-14-7-9-23-21-24(22-31(26)36(23)27)40-44-41(30-15-8-18-34-37(30)28-12-3-5-16-32(28)47-34)46-42(45-40)39-38-29-13-4-6-17-33(29)48-35(38)19-20-43-39/h1-22,29,33H. The molecule has 3 aliphatic rings. The summed E-state index contributed by atoms with van der Waals surface area (Å²) < 4.78 is 12.6. The average molecular weight is 617 g/mol. The third kappa shape index (κ3) is 3.57. The first kappa shape index (κ1) is 25.8. The molecule has 2 unspecified atom stereocenters. The Hall–Kier alpha value is -6.40. The topological polar surface area (TPSA) is 73.9 Å².